The summed E-state index contributed by atoms with van der Waals surface area (Å²) in [6.45, 7) is 3.96. The molecule has 2 unspecified atom stereocenters. The van der Waals surface area contributed by atoms with Gasteiger partial charge >= 0.3 is 12.3 Å². The molecular weight excluding hydrogens is 508 g/mol. The van der Waals surface area contributed by atoms with Crippen LogP contribution >= 0.6 is 0 Å². The van der Waals surface area contributed by atoms with Gasteiger partial charge in [0.1, 0.15) is 0 Å². The number of amides is 2. The Morgan fingerprint density at radius 2 is 1.79 bits per heavy atom. The van der Waals surface area contributed by atoms with Crippen LogP contribution < -0.4 is 4.74 Å². The number of piperidine rings is 1. The van der Waals surface area contributed by atoms with E-state index >= 15 is 0 Å². The molecule has 2 heterocycles. The molecule has 7 nitrogen and oxygen atoms in total. The molecule has 4 rings (SSSR count). The minimum absolute atomic E-state index is 0.0418. The fourth-order valence-electron chi connectivity index (χ4n) is 4.96. The third-order valence-corrected chi connectivity index (χ3v) is 7.47. The molecular formula is C27H34F4N2O5. The molecule has 2 saturated heterocycles. The van der Waals surface area contributed by atoms with Crippen molar-refractivity contribution in [3.63, 3.8) is 0 Å². The number of halogens is 4. The quantitative estimate of drug-likeness (QED) is 0.471. The van der Waals surface area contributed by atoms with Crippen LogP contribution in [0.25, 0.3) is 5.57 Å². The van der Waals surface area contributed by atoms with Gasteiger partial charge < -0.3 is 24.0 Å². The Balaban J connectivity index is 1.23. The smallest absolute Gasteiger partial charge is 0.425 e. The second-order valence-electron chi connectivity index (χ2n) is 10.1. The molecule has 0 bridgehead atoms. The van der Waals surface area contributed by atoms with Crippen LogP contribution in [0, 0.1) is 17.7 Å². The number of nitrogens with zero attached hydrogens (tertiary/aromatic N) is 2. The minimum Gasteiger partial charge on any atom is -0.490 e. The molecule has 0 saturated carbocycles. The molecule has 38 heavy (non-hydrogen) atoms. The zero-order valence-corrected chi connectivity index (χ0v) is 21.5. The van der Waals surface area contributed by atoms with Crippen LogP contribution in [0.15, 0.2) is 24.3 Å². The van der Waals surface area contributed by atoms with Crippen molar-refractivity contribution in [2.45, 2.75) is 51.3 Å². The molecule has 0 spiro atoms. The summed E-state index contributed by atoms with van der Waals surface area (Å²) < 4.78 is 68.1. The Morgan fingerprint density at radius 3 is 2.39 bits per heavy atom. The number of carbonyl (C=O) groups excluding carboxylic acids is 2. The van der Waals surface area contributed by atoms with Crippen molar-refractivity contribution in [2.24, 2.45) is 11.8 Å². The first kappa shape index (κ1) is 28.2. The molecule has 11 heteroatoms. The average Bonchev–Trinajstić information content (AvgIpc) is 2.92. The average molecular weight is 543 g/mol. The topological polar surface area (TPSA) is 68.3 Å². The van der Waals surface area contributed by atoms with E-state index in [9.17, 15) is 27.2 Å². The van der Waals surface area contributed by atoms with Gasteiger partial charge in [0.15, 0.2) is 17.7 Å². The minimum atomic E-state index is -4.60. The first-order chi connectivity index (χ1) is 18.1. The van der Waals surface area contributed by atoms with E-state index in [1.807, 2.05) is 17.0 Å². The third-order valence-electron chi connectivity index (χ3n) is 7.47. The Bertz CT molecular complexity index is 1020. The van der Waals surface area contributed by atoms with Crippen molar-refractivity contribution in [3.8, 4) is 5.75 Å². The van der Waals surface area contributed by atoms with Crippen LogP contribution in [0.5, 0.6) is 5.75 Å². The lowest BCUT2D eigenvalue weighted by molar-refractivity contribution is -0.199. The largest absolute Gasteiger partial charge is 0.490 e. The maximum atomic E-state index is 14.8. The zero-order valence-electron chi connectivity index (χ0n) is 21.5. The lowest BCUT2D eigenvalue weighted by atomic mass is 9.85. The van der Waals surface area contributed by atoms with Gasteiger partial charge in [-0.25, -0.2) is 9.18 Å². The van der Waals surface area contributed by atoms with Crippen molar-refractivity contribution >= 4 is 17.6 Å². The van der Waals surface area contributed by atoms with Crippen LogP contribution in [0.1, 0.15) is 44.6 Å². The Morgan fingerprint density at radius 1 is 1.08 bits per heavy atom. The number of benzene rings is 1. The lowest BCUT2D eigenvalue weighted by Crippen LogP contribution is -2.44. The molecule has 0 N–H and O–H groups in total. The Kier molecular flexibility index (Phi) is 9.17. The molecule has 1 aromatic carbocycles. The summed E-state index contributed by atoms with van der Waals surface area (Å²) >= 11 is 0. The summed E-state index contributed by atoms with van der Waals surface area (Å²) in [6.07, 6.45) is -2.62. The van der Waals surface area contributed by atoms with Crippen LogP contribution in [0.4, 0.5) is 22.4 Å². The zero-order chi connectivity index (χ0) is 27.3. The number of carbonyl (C=O) groups is 2. The maximum absolute atomic E-state index is 14.8. The van der Waals surface area contributed by atoms with E-state index in [1.54, 1.807) is 6.07 Å². The Labute approximate surface area is 219 Å². The molecule has 2 aliphatic heterocycles. The monoisotopic (exact) mass is 542 g/mol. The molecule has 1 aromatic rings. The van der Waals surface area contributed by atoms with Crippen molar-refractivity contribution < 1.29 is 41.4 Å². The molecule has 210 valence electrons. The van der Waals surface area contributed by atoms with E-state index in [0.29, 0.717) is 52.0 Å². The second-order valence-corrected chi connectivity index (χ2v) is 10.1. The fraction of sp³-hybridized carbons (Fsp3) is 0.630. The first-order valence-electron chi connectivity index (χ1n) is 13.1. The summed E-state index contributed by atoms with van der Waals surface area (Å²) in [4.78, 5) is 27.8. The second kappa shape index (κ2) is 12.4. The predicted molar refractivity (Wildman–Crippen MR) is 131 cm³/mol. The number of ether oxygens (including phenoxy) is 3. The van der Waals surface area contributed by atoms with Crippen LogP contribution in [-0.4, -0.2) is 80.1 Å². The van der Waals surface area contributed by atoms with E-state index in [-0.39, 0.29) is 43.2 Å². The van der Waals surface area contributed by atoms with E-state index in [1.165, 1.54) is 11.0 Å². The summed E-state index contributed by atoms with van der Waals surface area (Å²) in [6, 6.07) is 4.86. The molecule has 2 atom stereocenters. The number of hydrogen-bond donors (Lipinski definition) is 0. The lowest BCUT2D eigenvalue weighted by Gasteiger charge is -2.32. The highest BCUT2D eigenvalue weighted by Gasteiger charge is 2.40. The van der Waals surface area contributed by atoms with E-state index in [4.69, 9.17) is 9.47 Å². The number of rotatable bonds is 6. The van der Waals surface area contributed by atoms with Gasteiger partial charge in [-0.05, 0) is 68.2 Å². The Hall–Kier alpha value is -2.82. The van der Waals surface area contributed by atoms with Gasteiger partial charge in [-0.15, -0.1) is 0 Å². The summed E-state index contributed by atoms with van der Waals surface area (Å²) in [7, 11) is 0. The number of alkyl halides is 3. The van der Waals surface area contributed by atoms with Gasteiger partial charge in [-0.3, -0.25) is 4.79 Å². The highest BCUT2D eigenvalue weighted by Crippen LogP contribution is 2.33. The van der Waals surface area contributed by atoms with Crippen molar-refractivity contribution in [1.82, 2.24) is 9.80 Å². The summed E-state index contributed by atoms with van der Waals surface area (Å²) in [5.41, 5.74) is 1.78. The van der Waals surface area contributed by atoms with E-state index in [2.05, 4.69) is 4.74 Å². The van der Waals surface area contributed by atoms with Crippen molar-refractivity contribution in [2.75, 3.05) is 46.0 Å². The molecule has 2 fully saturated rings. The van der Waals surface area contributed by atoms with Gasteiger partial charge in [0.2, 0.25) is 5.91 Å². The highest BCUT2D eigenvalue weighted by molar-refractivity contribution is 5.81. The molecule has 1 aliphatic carbocycles. The van der Waals surface area contributed by atoms with Gasteiger partial charge in [0.05, 0.1) is 19.8 Å². The number of morpholine rings is 1. The van der Waals surface area contributed by atoms with Crippen LogP contribution in [0.2, 0.25) is 0 Å². The summed E-state index contributed by atoms with van der Waals surface area (Å²) in [5, 5.41) is 0. The molecule has 0 aromatic heterocycles. The van der Waals surface area contributed by atoms with Crippen LogP contribution in [0.3, 0.4) is 0 Å². The normalized spacial score (nSPS) is 22.0. The SMILES string of the molecule is CC(OC(=O)N1CCC(COc2ccc(C3=CCC(C(=O)N4CCOCC4)CC3)cc2F)CC1)C(F)(F)F. The standard InChI is InChI=1S/C27H34F4N2O5/c1-18(27(29,30)31)38-26(35)33-10-8-19(9-11-33)17-37-24-7-6-22(16-23(24)28)20-2-4-21(5-3-20)25(34)32-12-14-36-15-13-32/h2,6-7,16,18-19,21H,3-5,8-15,17H2,1H3. The van der Waals surface area contributed by atoms with E-state index < -0.39 is 24.2 Å². The van der Waals surface area contributed by atoms with Crippen molar-refractivity contribution in [1.29, 1.82) is 0 Å². The first-order valence-corrected chi connectivity index (χ1v) is 13.1. The van der Waals surface area contributed by atoms with Crippen molar-refractivity contribution in [3.05, 3.63) is 35.7 Å². The highest BCUT2D eigenvalue weighted by atomic mass is 19.4. The number of likely N-dealkylation sites (tertiary alicyclic amines) is 1. The van der Waals surface area contributed by atoms with Crippen LogP contribution in [-0.2, 0) is 14.3 Å². The predicted octanol–water partition coefficient (Wildman–Crippen LogP) is 5.05. The van der Waals surface area contributed by atoms with E-state index in [0.717, 1.165) is 24.5 Å². The van der Waals surface area contributed by atoms with Gasteiger partial charge in [0, 0.05) is 32.1 Å². The molecule has 0 radical (unpaired) electrons. The van der Waals surface area contributed by atoms with Gasteiger partial charge in [0.25, 0.3) is 0 Å². The number of hydrogen-bond acceptors (Lipinski definition) is 5. The third kappa shape index (κ3) is 7.18. The molecule has 2 amide bonds. The number of allylic oxidation sites excluding steroid dienone is 2. The van der Waals surface area contributed by atoms with Gasteiger partial charge in [-0.2, -0.15) is 13.2 Å². The molecule has 3 aliphatic rings. The fourth-order valence-corrected chi connectivity index (χ4v) is 4.96. The maximum Gasteiger partial charge on any atom is 0.425 e. The van der Waals surface area contributed by atoms with Gasteiger partial charge in [-0.1, -0.05) is 12.1 Å². The summed E-state index contributed by atoms with van der Waals surface area (Å²) in [5.74, 6) is -0.189.